The van der Waals surface area contributed by atoms with Crippen molar-refractivity contribution in [2.75, 3.05) is 11.4 Å². The summed E-state index contributed by atoms with van der Waals surface area (Å²) in [4.78, 5) is 31.2. The Balaban J connectivity index is 1.93. The molecule has 0 radical (unpaired) electrons. The van der Waals surface area contributed by atoms with Crippen LogP contribution in [0, 0.1) is 6.92 Å². The van der Waals surface area contributed by atoms with Crippen molar-refractivity contribution in [2.24, 2.45) is 0 Å². The van der Waals surface area contributed by atoms with Gasteiger partial charge in [0.15, 0.2) is 0 Å². The predicted molar refractivity (Wildman–Crippen MR) is 95.2 cm³/mol. The lowest BCUT2D eigenvalue weighted by molar-refractivity contribution is -0.119. The second-order valence-electron chi connectivity index (χ2n) is 5.62. The van der Waals surface area contributed by atoms with E-state index in [4.69, 9.17) is 0 Å². The average molecular weight is 321 g/mol. The number of likely N-dealkylation sites (N-methyl/N-ethyl adjacent to an activating group) is 1. The van der Waals surface area contributed by atoms with Crippen molar-refractivity contribution in [1.82, 2.24) is 9.55 Å². The zero-order chi connectivity index (χ0) is 17.1. The Labute approximate surface area is 140 Å². The van der Waals surface area contributed by atoms with Crippen LogP contribution >= 0.6 is 0 Å². The summed E-state index contributed by atoms with van der Waals surface area (Å²) < 4.78 is 1.37. The number of nitrogens with zero attached hydrogens (tertiary/aromatic N) is 3. The number of para-hydroxylation sites is 2. The summed E-state index contributed by atoms with van der Waals surface area (Å²) in [7, 11) is 0. The molecule has 1 aromatic heterocycles. The van der Waals surface area contributed by atoms with E-state index in [-0.39, 0.29) is 18.0 Å². The zero-order valence-electron chi connectivity index (χ0n) is 13.8. The van der Waals surface area contributed by atoms with Gasteiger partial charge in [0.05, 0.1) is 17.2 Å². The maximum atomic E-state index is 12.7. The number of carbonyl (C=O) groups excluding carboxylic acids is 1. The Morgan fingerprint density at radius 2 is 1.83 bits per heavy atom. The van der Waals surface area contributed by atoms with Gasteiger partial charge in [-0.2, -0.15) is 0 Å². The third-order valence-electron chi connectivity index (χ3n) is 4.06. The number of hydrogen-bond donors (Lipinski definition) is 0. The second-order valence-corrected chi connectivity index (χ2v) is 5.62. The summed E-state index contributed by atoms with van der Waals surface area (Å²) in [6.45, 7) is 4.40. The molecule has 24 heavy (non-hydrogen) atoms. The predicted octanol–water partition coefficient (Wildman–Crippen LogP) is 2.76. The van der Waals surface area contributed by atoms with E-state index in [1.54, 1.807) is 23.1 Å². The number of amides is 1. The number of hydrogen-bond acceptors (Lipinski definition) is 3. The molecule has 122 valence electrons. The number of carbonyl (C=O) groups is 1. The minimum atomic E-state index is -0.199. The van der Waals surface area contributed by atoms with E-state index in [1.165, 1.54) is 10.9 Å². The Kier molecular flexibility index (Phi) is 4.42. The van der Waals surface area contributed by atoms with Crippen LogP contribution in [0.2, 0.25) is 0 Å². The van der Waals surface area contributed by atoms with Gasteiger partial charge in [-0.1, -0.05) is 30.3 Å². The third kappa shape index (κ3) is 2.93. The van der Waals surface area contributed by atoms with Gasteiger partial charge in [-0.15, -0.1) is 0 Å². The maximum Gasteiger partial charge on any atom is 0.261 e. The normalized spacial score (nSPS) is 10.8. The van der Waals surface area contributed by atoms with Crippen LogP contribution in [0.4, 0.5) is 5.69 Å². The van der Waals surface area contributed by atoms with Crippen LogP contribution in [-0.2, 0) is 11.3 Å². The smallest absolute Gasteiger partial charge is 0.261 e. The first-order chi connectivity index (χ1) is 11.6. The lowest BCUT2D eigenvalue weighted by atomic mass is 10.2. The van der Waals surface area contributed by atoms with Gasteiger partial charge >= 0.3 is 0 Å². The van der Waals surface area contributed by atoms with Gasteiger partial charge in [0.2, 0.25) is 5.91 Å². The third-order valence-corrected chi connectivity index (χ3v) is 4.06. The molecule has 5 nitrogen and oxygen atoms in total. The molecule has 3 rings (SSSR count). The first-order valence-corrected chi connectivity index (χ1v) is 7.92. The quantitative estimate of drug-likeness (QED) is 0.742. The molecule has 0 atom stereocenters. The Morgan fingerprint density at radius 1 is 1.12 bits per heavy atom. The molecule has 1 amide bonds. The largest absolute Gasteiger partial charge is 0.311 e. The summed E-state index contributed by atoms with van der Waals surface area (Å²) in [5, 5.41) is 0.520. The van der Waals surface area contributed by atoms with Crippen molar-refractivity contribution >= 4 is 22.5 Å². The van der Waals surface area contributed by atoms with Crippen LogP contribution < -0.4 is 10.5 Å². The molecule has 0 bridgehead atoms. The molecule has 0 fully saturated rings. The molecule has 1 heterocycles. The molecule has 0 aliphatic rings. The van der Waals surface area contributed by atoms with Crippen LogP contribution in [0.5, 0.6) is 0 Å². The van der Waals surface area contributed by atoms with Crippen molar-refractivity contribution < 1.29 is 4.79 Å². The number of anilines is 1. The highest BCUT2D eigenvalue weighted by atomic mass is 16.2. The van der Waals surface area contributed by atoms with Gasteiger partial charge in [0, 0.05) is 12.2 Å². The molecule has 0 saturated carbocycles. The second kappa shape index (κ2) is 6.66. The molecule has 3 aromatic rings. The maximum absolute atomic E-state index is 12.7. The standard InChI is InChI=1S/C19H19N3O2/c1-3-22(17-11-7-4-8-14(17)2)18(23)12-21-13-20-16-10-6-5-9-15(16)19(21)24/h4-11,13H,3,12H2,1-2H3. The minimum absolute atomic E-state index is 0.0289. The van der Waals surface area contributed by atoms with Crippen LogP contribution in [0.1, 0.15) is 12.5 Å². The molecule has 5 heteroatoms. The lowest BCUT2D eigenvalue weighted by Gasteiger charge is -2.23. The average Bonchev–Trinajstić information content (AvgIpc) is 2.60. The van der Waals surface area contributed by atoms with Crippen LogP contribution in [0.3, 0.4) is 0 Å². The van der Waals surface area contributed by atoms with Gasteiger partial charge in [-0.05, 0) is 37.6 Å². The van der Waals surface area contributed by atoms with Gasteiger partial charge < -0.3 is 4.90 Å². The van der Waals surface area contributed by atoms with Crippen molar-refractivity contribution in [1.29, 1.82) is 0 Å². The highest BCUT2D eigenvalue weighted by Gasteiger charge is 2.17. The molecule has 0 aliphatic carbocycles. The molecule has 0 N–H and O–H groups in total. The highest BCUT2D eigenvalue weighted by molar-refractivity contribution is 5.94. The molecule has 0 aliphatic heterocycles. The highest BCUT2D eigenvalue weighted by Crippen LogP contribution is 2.19. The minimum Gasteiger partial charge on any atom is -0.311 e. The lowest BCUT2D eigenvalue weighted by Crippen LogP contribution is -2.37. The van der Waals surface area contributed by atoms with Crippen molar-refractivity contribution in [3.63, 3.8) is 0 Å². The van der Waals surface area contributed by atoms with E-state index in [1.807, 2.05) is 44.2 Å². The number of fused-ring (bicyclic) bond motifs is 1. The number of aryl methyl sites for hydroxylation is 1. The van der Waals surface area contributed by atoms with Crippen LogP contribution in [0.25, 0.3) is 10.9 Å². The molecule has 2 aromatic carbocycles. The van der Waals surface area contributed by atoms with Crippen molar-refractivity contribution in [3.05, 3.63) is 70.8 Å². The van der Waals surface area contributed by atoms with E-state index in [0.717, 1.165) is 11.3 Å². The Morgan fingerprint density at radius 3 is 2.58 bits per heavy atom. The molecule has 0 saturated heterocycles. The summed E-state index contributed by atoms with van der Waals surface area (Å²) >= 11 is 0. The van der Waals surface area contributed by atoms with E-state index in [0.29, 0.717) is 17.4 Å². The van der Waals surface area contributed by atoms with E-state index < -0.39 is 0 Å². The summed E-state index contributed by atoms with van der Waals surface area (Å²) in [6, 6.07) is 14.9. The summed E-state index contributed by atoms with van der Waals surface area (Å²) in [6.07, 6.45) is 1.44. The summed E-state index contributed by atoms with van der Waals surface area (Å²) in [5.41, 5.74) is 2.33. The van der Waals surface area contributed by atoms with E-state index >= 15 is 0 Å². The van der Waals surface area contributed by atoms with Gasteiger partial charge in [0.1, 0.15) is 6.54 Å². The zero-order valence-corrected chi connectivity index (χ0v) is 13.8. The fourth-order valence-electron chi connectivity index (χ4n) is 2.80. The Bertz CT molecular complexity index is 946. The Hall–Kier alpha value is -2.95. The van der Waals surface area contributed by atoms with Crippen molar-refractivity contribution in [3.8, 4) is 0 Å². The van der Waals surface area contributed by atoms with Crippen molar-refractivity contribution in [2.45, 2.75) is 20.4 Å². The number of aromatic nitrogens is 2. The number of rotatable bonds is 4. The monoisotopic (exact) mass is 321 g/mol. The van der Waals surface area contributed by atoms with E-state index in [9.17, 15) is 9.59 Å². The SMILES string of the molecule is CCN(C(=O)Cn1cnc2ccccc2c1=O)c1ccccc1C. The first kappa shape index (κ1) is 15.9. The van der Waals surface area contributed by atoms with E-state index in [2.05, 4.69) is 4.98 Å². The first-order valence-electron chi connectivity index (χ1n) is 7.92. The topological polar surface area (TPSA) is 55.2 Å². The molecule has 0 unspecified atom stereocenters. The van der Waals surface area contributed by atoms with Crippen LogP contribution in [0.15, 0.2) is 59.7 Å². The molecular formula is C19H19N3O2. The summed E-state index contributed by atoms with van der Waals surface area (Å²) in [5.74, 6) is -0.133. The molecular weight excluding hydrogens is 302 g/mol. The fourth-order valence-corrected chi connectivity index (χ4v) is 2.80. The van der Waals surface area contributed by atoms with Gasteiger partial charge in [-0.3, -0.25) is 14.2 Å². The molecule has 0 spiro atoms. The number of benzene rings is 2. The van der Waals surface area contributed by atoms with Gasteiger partial charge in [-0.25, -0.2) is 4.98 Å². The fraction of sp³-hybridized carbons (Fsp3) is 0.211. The van der Waals surface area contributed by atoms with Gasteiger partial charge in [0.25, 0.3) is 5.56 Å². The van der Waals surface area contributed by atoms with Crippen LogP contribution in [-0.4, -0.2) is 22.0 Å².